The molecule has 2 aromatic rings. The van der Waals surface area contributed by atoms with Gasteiger partial charge in [0.1, 0.15) is 5.82 Å². The van der Waals surface area contributed by atoms with Crippen molar-refractivity contribution in [3.63, 3.8) is 0 Å². The van der Waals surface area contributed by atoms with E-state index in [4.69, 9.17) is 11.6 Å². The van der Waals surface area contributed by atoms with Crippen molar-refractivity contribution in [3.8, 4) is 0 Å². The van der Waals surface area contributed by atoms with Crippen molar-refractivity contribution in [2.24, 2.45) is 11.8 Å². The van der Waals surface area contributed by atoms with Crippen LogP contribution in [0.2, 0.25) is 5.02 Å². The van der Waals surface area contributed by atoms with E-state index >= 15 is 0 Å². The minimum Gasteiger partial charge on any atom is -0.481 e. The second-order valence-corrected chi connectivity index (χ2v) is 9.83. The zero-order valence-electron chi connectivity index (χ0n) is 18.7. The highest BCUT2D eigenvalue weighted by Gasteiger charge is 2.46. The molecular formula is C25H32ClFN2O2. The fourth-order valence-corrected chi connectivity index (χ4v) is 4.37. The molecule has 6 heteroatoms. The molecule has 4 nitrogen and oxygen atoms in total. The average Bonchev–Trinajstić information content (AvgIpc) is 2.62. The molecule has 31 heavy (non-hydrogen) atoms. The third-order valence-corrected chi connectivity index (χ3v) is 6.18. The predicted octanol–water partition coefficient (Wildman–Crippen LogP) is 6.85. The van der Waals surface area contributed by atoms with Crippen LogP contribution in [0.4, 0.5) is 21.5 Å². The number of nitrogens with zero attached hydrogens (tertiary/aromatic N) is 1. The van der Waals surface area contributed by atoms with E-state index in [1.165, 1.54) is 12.1 Å². The van der Waals surface area contributed by atoms with Crippen molar-refractivity contribution in [3.05, 3.63) is 52.8 Å². The van der Waals surface area contributed by atoms with Gasteiger partial charge in [0.15, 0.2) is 0 Å². The molecule has 0 amide bonds. The van der Waals surface area contributed by atoms with Crippen LogP contribution in [0.5, 0.6) is 0 Å². The normalized spacial score (nSPS) is 15.1. The van der Waals surface area contributed by atoms with E-state index in [2.05, 4.69) is 37.9 Å². The summed E-state index contributed by atoms with van der Waals surface area (Å²) in [6.45, 7) is 10.4. The summed E-state index contributed by atoms with van der Waals surface area (Å²) in [5, 5.41) is 13.3. The second-order valence-electron chi connectivity index (χ2n) is 9.42. The lowest BCUT2D eigenvalue weighted by atomic mass is 9.64. The average molecular weight is 447 g/mol. The molecule has 0 aromatic heterocycles. The number of carboxylic acid groups (broad SMARTS) is 1. The number of halogens is 2. The van der Waals surface area contributed by atoms with Gasteiger partial charge in [0.2, 0.25) is 0 Å². The lowest BCUT2D eigenvalue weighted by Crippen LogP contribution is -2.42. The summed E-state index contributed by atoms with van der Waals surface area (Å²) in [4.78, 5) is 14.4. The standard InChI is InChI=1S/C25H32ClFN2O2/c1-16(2)14-29(15-17(3)4)23-9-6-18(25(24(30)31)10-5-11-25)12-22(23)28-19-7-8-20(26)21(27)13-19/h6-9,12-13,16-17,28H,5,10-11,14-15H2,1-4H3,(H,30,31). The molecule has 1 aliphatic carbocycles. The number of hydrogen-bond donors (Lipinski definition) is 2. The molecule has 168 valence electrons. The first-order chi connectivity index (χ1) is 14.6. The number of anilines is 3. The smallest absolute Gasteiger partial charge is 0.314 e. The van der Waals surface area contributed by atoms with Crippen molar-refractivity contribution < 1.29 is 14.3 Å². The number of benzene rings is 2. The van der Waals surface area contributed by atoms with Gasteiger partial charge in [0, 0.05) is 18.8 Å². The largest absolute Gasteiger partial charge is 0.481 e. The minimum absolute atomic E-state index is 0.0695. The Bertz CT molecular complexity index is 931. The monoisotopic (exact) mass is 446 g/mol. The Hall–Kier alpha value is -2.27. The van der Waals surface area contributed by atoms with E-state index in [0.717, 1.165) is 36.4 Å². The molecule has 1 fully saturated rings. The molecule has 3 rings (SSSR count). The molecule has 2 aromatic carbocycles. The van der Waals surface area contributed by atoms with E-state index < -0.39 is 17.2 Å². The zero-order valence-corrected chi connectivity index (χ0v) is 19.5. The number of aliphatic carboxylic acids is 1. The molecule has 0 aliphatic heterocycles. The van der Waals surface area contributed by atoms with Gasteiger partial charge in [-0.15, -0.1) is 0 Å². The van der Waals surface area contributed by atoms with E-state index in [-0.39, 0.29) is 5.02 Å². The van der Waals surface area contributed by atoms with Crippen molar-refractivity contribution >= 4 is 34.6 Å². The van der Waals surface area contributed by atoms with Crippen LogP contribution >= 0.6 is 11.6 Å². The summed E-state index contributed by atoms with van der Waals surface area (Å²) in [5.41, 5.74) is 2.31. The summed E-state index contributed by atoms with van der Waals surface area (Å²) in [6, 6.07) is 10.5. The molecule has 0 saturated heterocycles. The quantitative estimate of drug-likeness (QED) is 0.442. The molecule has 0 radical (unpaired) electrons. The molecular weight excluding hydrogens is 415 g/mol. The number of hydrogen-bond acceptors (Lipinski definition) is 3. The summed E-state index contributed by atoms with van der Waals surface area (Å²) >= 11 is 5.85. The number of nitrogens with one attached hydrogen (secondary N) is 1. The molecule has 1 saturated carbocycles. The Balaban J connectivity index is 2.07. The maximum absolute atomic E-state index is 14.1. The highest BCUT2D eigenvalue weighted by Crippen LogP contribution is 2.46. The Morgan fingerprint density at radius 2 is 1.77 bits per heavy atom. The van der Waals surface area contributed by atoms with Gasteiger partial charge >= 0.3 is 5.97 Å². The zero-order chi connectivity index (χ0) is 22.8. The maximum Gasteiger partial charge on any atom is 0.314 e. The van der Waals surface area contributed by atoms with Gasteiger partial charge in [-0.25, -0.2) is 4.39 Å². The molecule has 0 atom stereocenters. The van der Waals surface area contributed by atoms with Crippen LogP contribution in [-0.4, -0.2) is 24.2 Å². The summed E-state index contributed by atoms with van der Waals surface area (Å²) in [5.74, 6) is -0.365. The highest BCUT2D eigenvalue weighted by molar-refractivity contribution is 6.30. The van der Waals surface area contributed by atoms with E-state index in [9.17, 15) is 14.3 Å². The summed E-state index contributed by atoms with van der Waals surface area (Å²) in [6.07, 6.45) is 2.18. The molecule has 0 unspecified atom stereocenters. The highest BCUT2D eigenvalue weighted by atomic mass is 35.5. The first-order valence-electron chi connectivity index (χ1n) is 11.0. The van der Waals surface area contributed by atoms with Gasteiger partial charge in [-0.1, -0.05) is 51.8 Å². The molecule has 0 bridgehead atoms. The van der Waals surface area contributed by atoms with Crippen LogP contribution in [0.15, 0.2) is 36.4 Å². The van der Waals surface area contributed by atoms with Crippen LogP contribution in [0.25, 0.3) is 0 Å². The Morgan fingerprint density at radius 1 is 1.13 bits per heavy atom. The van der Waals surface area contributed by atoms with Gasteiger partial charge < -0.3 is 15.3 Å². The number of carbonyl (C=O) groups is 1. The molecule has 2 N–H and O–H groups in total. The van der Waals surface area contributed by atoms with Crippen LogP contribution in [0.1, 0.15) is 52.5 Å². The van der Waals surface area contributed by atoms with Crippen molar-refractivity contribution in [1.29, 1.82) is 0 Å². The lowest BCUT2D eigenvalue weighted by Gasteiger charge is -2.39. The Kier molecular flexibility index (Phi) is 7.15. The van der Waals surface area contributed by atoms with Gasteiger partial charge in [0.25, 0.3) is 0 Å². The molecule has 0 heterocycles. The summed E-state index contributed by atoms with van der Waals surface area (Å²) in [7, 11) is 0. The Labute approximate surface area is 189 Å². The van der Waals surface area contributed by atoms with E-state index in [1.807, 2.05) is 18.2 Å². The van der Waals surface area contributed by atoms with Gasteiger partial charge in [-0.05, 0) is 60.6 Å². The molecule has 1 aliphatic rings. The first-order valence-corrected chi connectivity index (χ1v) is 11.3. The van der Waals surface area contributed by atoms with Crippen LogP contribution < -0.4 is 10.2 Å². The third-order valence-electron chi connectivity index (χ3n) is 5.88. The second kappa shape index (κ2) is 9.47. The predicted molar refractivity (Wildman–Crippen MR) is 126 cm³/mol. The van der Waals surface area contributed by atoms with E-state index in [0.29, 0.717) is 30.4 Å². The van der Waals surface area contributed by atoms with Crippen molar-refractivity contribution in [2.45, 2.75) is 52.4 Å². The van der Waals surface area contributed by atoms with Crippen LogP contribution in [-0.2, 0) is 10.2 Å². The van der Waals surface area contributed by atoms with Gasteiger partial charge in [-0.2, -0.15) is 0 Å². The third kappa shape index (κ3) is 5.15. The lowest BCUT2D eigenvalue weighted by molar-refractivity contribution is -0.147. The fourth-order valence-electron chi connectivity index (χ4n) is 4.25. The Morgan fingerprint density at radius 3 is 2.26 bits per heavy atom. The summed E-state index contributed by atoms with van der Waals surface area (Å²) < 4.78 is 14.1. The topological polar surface area (TPSA) is 52.6 Å². The van der Waals surface area contributed by atoms with Crippen LogP contribution in [0, 0.1) is 17.7 Å². The van der Waals surface area contributed by atoms with Crippen molar-refractivity contribution in [1.82, 2.24) is 0 Å². The number of carboxylic acids is 1. The minimum atomic E-state index is -0.832. The molecule has 0 spiro atoms. The van der Waals surface area contributed by atoms with Gasteiger partial charge in [0.05, 0.1) is 21.8 Å². The first kappa shape index (κ1) is 23.4. The van der Waals surface area contributed by atoms with E-state index in [1.54, 1.807) is 6.07 Å². The SMILES string of the molecule is CC(C)CN(CC(C)C)c1ccc(C2(C(=O)O)CCC2)cc1Nc1ccc(Cl)c(F)c1. The number of rotatable bonds is 9. The maximum atomic E-state index is 14.1. The van der Waals surface area contributed by atoms with Gasteiger partial charge in [-0.3, -0.25) is 4.79 Å². The van der Waals surface area contributed by atoms with Crippen molar-refractivity contribution in [2.75, 3.05) is 23.3 Å². The van der Waals surface area contributed by atoms with Crippen LogP contribution in [0.3, 0.4) is 0 Å². The fraction of sp³-hybridized carbons (Fsp3) is 0.480.